The summed E-state index contributed by atoms with van der Waals surface area (Å²) in [7, 11) is 5.36. The molecule has 4 heterocycles. The van der Waals surface area contributed by atoms with Gasteiger partial charge in [-0.05, 0) is 11.1 Å². The van der Waals surface area contributed by atoms with Crippen molar-refractivity contribution < 1.29 is 36.1 Å². The lowest BCUT2D eigenvalue weighted by molar-refractivity contribution is -0.949. The van der Waals surface area contributed by atoms with E-state index in [1.165, 1.54) is 11.6 Å². The number of quaternary nitrogens is 1. The number of hydrogen-bond acceptors (Lipinski definition) is 6. The Balaban J connectivity index is 0.00000353. The maximum atomic E-state index is 13.7. The molecule has 1 N–H and O–H groups in total. The number of aliphatic hydroxyl groups is 1. The van der Waals surface area contributed by atoms with Crippen LogP contribution in [0.25, 0.3) is 11.2 Å². The highest BCUT2D eigenvalue weighted by molar-refractivity contribution is 5.85. The lowest BCUT2D eigenvalue weighted by Gasteiger charge is -2.47. The monoisotopic (exact) mass is 637 g/mol. The highest BCUT2D eigenvalue weighted by Crippen LogP contribution is 2.43. The zero-order chi connectivity index (χ0) is 28.9. The van der Waals surface area contributed by atoms with Crippen LogP contribution in [0.2, 0.25) is 0 Å². The molecule has 11 heteroatoms. The zero-order valence-corrected chi connectivity index (χ0v) is 25.6. The van der Waals surface area contributed by atoms with Crippen LogP contribution in [0.5, 0.6) is 0 Å². The summed E-state index contributed by atoms with van der Waals surface area (Å²) in [5.41, 5.74) is -0.865. The molecule has 0 aliphatic carbocycles. The van der Waals surface area contributed by atoms with Gasteiger partial charge in [0.2, 0.25) is 5.60 Å². The van der Waals surface area contributed by atoms with Gasteiger partial charge in [0, 0.05) is 39.8 Å². The molecule has 2 unspecified atom stereocenters. The lowest BCUT2D eigenvalue weighted by Crippen LogP contribution is -3.00. The number of ether oxygens (including phenoxy) is 1. The van der Waals surface area contributed by atoms with Crippen LogP contribution < -0.4 is 28.2 Å². The molecule has 2 fully saturated rings. The van der Waals surface area contributed by atoms with E-state index in [1.54, 1.807) is 61.9 Å². The number of halogens is 1. The molecule has 2 aliphatic rings. The fourth-order valence-corrected chi connectivity index (χ4v) is 7.04. The maximum Gasteiger partial charge on any atom is 0.347 e. The van der Waals surface area contributed by atoms with Crippen LogP contribution >= 0.6 is 0 Å². The van der Waals surface area contributed by atoms with Crippen LogP contribution in [0.4, 0.5) is 0 Å². The van der Waals surface area contributed by atoms with E-state index in [9.17, 15) is 19.5 Å². The first kappa shape index (κ1) is 29.9. The van der Waals surface area contributed by atoms with Gasteiger partial charge in [-0.2, -0.15) is 0 Å². The van der Waals surface area contributed by atoms with Gasteiger partial charge in [-0.15, -0.1) is 0 Å². The van der Waals surface area contributed by atoms with Crippen molar-refractivity contribution in [2.75, 3.05) is 13.6 Å². The molecular weight excluding hydrogens is 602 g/mol. The molecule has 0 saturated carbocycles. The first-order chi connectivity index (χ1) is 19.6. The molecule has 2 atom stereocenters. The number of aryl methyl sites for hydroxylation is 1. The number of aromatic nitrogens is 4. The fraction of sp³-hybridized carbons (Fsp3) is 0.419. The number of carbonyl (C=O) groups is 1. The Morgan fingerprint density at radius 1 is 0.976 bits per heavy atom. The van der Waals surface area contributed by atoms with Crippen LogP contribution in [-0.4, -0.2) is 66.0 Å². The summed E-state index contributed by atoms with van der Waals surface area (Å²) in [6.07, 6.45) is 4.82. The van der Waals surface area contributed by atoms with Gasteiger partial charge in [0.25, 0.3) is 5.56 Å². The number of rotatable bonds is 7. The minimum Gasteiger partial charge on any atom is -1.00 e. The summed E-state index contributed by atoms with van der Waals surface area (Å²) in [5.74, 6) is -0.651. The Bertz CT molecular complexity index is 1660. The molecule has 0 radical (unpaired) electrons. The van der Waals surface area contributed by atoms with Crippen LogP contribution in [-0.2, 0) is 35.8 Å². The largest absolute Gasteiger partial charge is 1.00 e. The molecule has 4 aromatic rings. The second-order valence-electron chi connectivity index (χ2n) is 11.7. The molecule has 10 nitrogen and oxygen atoms in total. The molecule has 0 spiro atoms. The predicted molar refractivity (Wildman–Crippen MR) is 153 cm³/mol. The molecule has 2 bridgehead atoms. The quantitative estimate of drug-likeness (QED) is 0.207. The topological polar surface area (TPSA) is 108 Å². The van der Waals surface area contributed by atoms with Gasteiger partial charge in [-0.25, -0.2) is 14.6 Å². The SMILES string of the molecule is Cn1c(=O)c2c(ncn2CC[N+]2(C)C3CCC2CC(OC(=O)C(O)(c2ccccc2)c2ccccc2)C3)n(C)c1=O.[Br-]. The molecule has 6 rings (SSSR count). The molecule has 2 aromatic carbocycles. The van der Waals surface area contributed by atoms with E-state index in [0.29, 0.717) is 41.7 Å². The normalized spacial score (nSPS) is 23.5. The maximum absolute atomic E-state index is 13.7. The summed E-state index contributed by atoms with van der Waals surface area (Å²) < 4.78 is 11.3. The number of likely N-dealkylation sites (N-methyl/N-ethyl adjacent to an activating group) is 1. The zero-order valence-electron chi connectivity index (χ0n) is 24.0. The van der Waals surface area contributed by atoms with E-state index in [1.807, 2.05) is 16.7 Å². The third kappa shape index (κ3) is 4.73. The molecule has 2 aliphatic heterocycles. The molecule has 0 amide bonds. The van der Waals surface area contributed by atoms with Crippen molar-refractivity contribution in [1.82, 2.24) is 18.7 Å². The van der Waals surface area contributed by atoms with Crippen molar-refractivity contribution in [2.45, 2.75) is 56.0 Å². The van der Waals surface area contributed by atoms with Gasteiger partial charge in [0.1, 0.15) is 6.10 Å². The van der Waals surface area contributed by atoms with Crippen LogP contribution in [0.15, 0.2) is 76.6 Å². The number of carbonyl (C=O) groups excluding carboxylic acids is 1. The molecule has 2 saturated heterocycles. The Hall–Kier alpha value is -3.54. The minimum absolute atomic E-state index is 0. The van der Waals surface area contributed by atoms with Gasteiger partial charge in [-0.3, -0.25) is 13.9 Å². The summed E-state index contributed by atoms with van der Waals surface area (Å²) in [6, 6.07) is 18.5. The van der Waals surface area contributed by atoms with E-state index in [0.717, 1.165) is 28.4 Å². The summed E-state index contributed by atoms with van der Waals surface area (Å²) in [6.45, 7) is 1.37. The van der Waals surface area contributed by atoms with Crippen LogP contribution in [0, 0.1) is 0 Å². The third-order valence-corrected chi connectivity index (χ3v) is 9.56. The third-order valence-electron chi connectivity index (χ3n) is 9.56. The summed E-state index contributed by atoms with van der Waals surface area (Å²) >= 11 is 0. The summed E-state index contributed by atoms with van der Waals surface area (Å²) in [5, 5.41) is 11.8. The number of nitrogens with zero attached hydrogens (tertiary/aromatic N) is 5. The van der Waals surface area contributed by atoms with Crippen LogP contribution in [0.3, 0.4) is 0 Å². The smallest absolute Gasteiger partial charge is 0.347 e. The Labute approximate surface area is 254 Å². The van der Waals surface area contributed by atoms with Crippen molar-refractivity contribution in [3.8, 4) is 0 Å². The standard InChI is InChI=1S/C31H36N5O5.BrH/c1-33-27-26(28(37)34(2)30(33)39)35(20-32-27)16-17-36(3)23-14-15-24(36)19-25(18-23)41-29(38)31(40,21-10-6-4-7-11-21)22-12-8-5-9-13-22;/h4-13,20,23-25,40H,14-19H2,1-3H3;1H/q+1;/p-1. The van der Waals surface area contributed by atoms with Gasteiger partial charge in [0.05, 0.1) is 38.5 Å². The minimum atomic E-state index is -1.90. The van der Waals surface area contributed by atoms with E-state index >= 15 is 0 Å². The van der Waals surface area contributed by atoms with Gasteiger partial charge in [0.15, 0.2) is 11.2 Å². The van der Waals surface area contributed by atoms with Crippen molar-refractivity contribution in [2.24, 2.45) is 14.1 Å². The highest BCUT2D eigenvalue weighted by atomic mass is 79.9. The number of imidazole rings is 1. The number of fused-ring (bicyclic) bond motifs is 3. The van der Waals surface area contributed by atoms with E-state index < -0.39 is 17.3 Å². The highest BCUT2D eigenvalue weighted by Gasteiger charge is 2.53. The predicted octanol–water partition coefficient (Wildman–Crippen LogP) is -0.943. The number of benzene rings is 2. The van der Waals surface area contributed by atoms with Crippen LogP contribution in [0.1, 0.15) is 36.8 Å². The average molecular weight is 639 g/mol. The molecule has 222 valence electrons. The molecule has 2 aromatic heterocycles. The first-order valence-electron chi connectivity index (χ1n) is 14.1. The van der Waals surface area contributed by atoms with Crippen molar-refractivity contribution >= 4 is 17.1 Å². The molecular formula is C31H36BrN5O5. The summed E-state index contributed by atoms with van der Waals surface area (Å²) in [4.78, 5) is 43.3. The van der Waals surface area contributed by atoms with E-state index in [4.69, 9.17) is 4.74 Å². The Morgan fingerprint density at radius 2 is 1.52 bits per heavy atom. The number of piperidine rings is 1. The Kier molecular flexibility index (Phi) is 8.04. The van der Waals surface area contributed by atoms with Gasteiger partial charge >= 0.3 is 11.7 Å². The second-order valence-corrected chi connectivity index (χ2v) is 11.7. The number of esters is 1. The van der Waals surface area contributed by atoms with Crippen molar-refractivity contribution in [1.29, 1.82) is 0 Å². The first-order valence-corrected chi connectivity index (χ1v) is 14.1. The number of hydrogen-bond donors (Lipinski definition) is 1. The van der Waals surface area contributed by atoms with E-state index in [-0.39, 0.29) is 40.7 Å². The van der Waals surface area contributed by atoms with Gasteiger partial charge in [-0.1, -0.05) is 60.7 Å². The van der Waals surface area contributed by atoms with Crippen molar-refractivity contribution in [3.63, 3.8) is 0 Å². The van der Waals surface area contributed by atoms with Crippen molar-refractivity contribution in [3.05, 3.63) is 99.0 Å². The van der Waals surface area contributed by atoms with E-state index in [2.05, 4.69) is 12.0 Å². The van der Waals surface area contributed by atoms with Gasteiger partial charge < -0.3 is 35.9 Å². The average Bonchev–Trinajstić information content (AvgIpc) is 3.47. The fourth-order valence-electron chi connectivity index (χ4n) is 7.04. The Morgan fingerprint density at radius 3 is 2.07 bits per heavy atom. The second kappa shape index (κ2) is 11.3. The lowest BCUT2D eigenvalue weighted by atomic mass is 9.86. The molecule has 42 heavy (non-hydrogen) atoms.